The maximum atomic E-state index is 12.2. The van der Waals surface area contributed by atoms with Crippen LogP contribution in [0.2, 0.25) is 0 Å². The van der Waals surface area contributed by atoms with Gasteiger partial charge in [-0.15, -0.1) is 0 Å². The van der Waals surface area contributed by atoms with Gasteiger partial charge in [0.1, 0.15) is 0 Å². The van der Waals surface area contributed by atoms with Gasteiger partial charge in [0.25, 0.3) is 5.56 Å². The molecule has 3 rings (SSSR count). The van der Waals surface area contributed by atoms with E-state index in [-0.39, 0.29) is 5.16 Å². The second-order valence-corrected chi connectivity index (χ2v) is 7.67. The third-order valence-electron chi connectivity index (χ3n) is 3.89. The normalized spacial score (nSPS) is 15.1. The summed E-state index contributed by atoms with van der Waals surface area (Å²) in [5.41, 5.74) is 1.70. The first-order valence-corrected chi connectivity index (χ1v) is 9.29. The van der Waals surface area contributed by atoms with Crippen LogP contribution in [0.4, 0.5) is 0 Å². The zero-order valence-electron chi connectivity index (χ0n) is 13.4. The first kappa shape index (κ1) is 16.6. The van der Waals surface area contributed by atoms with Crippen molar-refractivity contribution in [2.24, 2.45) is 0 Å². The Morgan fingerprint density at radius 2 is 2.17 bits per heavy atom. The Bertz CT molecular complexity index is 906. The lowest BCUT2D eigenvalue weighted by Crippen LogP contribution is -2.36. The molecule has 2 aromatic heterocycles. The van der Waals surface area contributed by atoms with Gasteiger partial charge in [0.05, 0.1) is 18.4 Å². The first-order valence-electron chi connectivity index (χ1n) is 7.40. The Hall–Kier alpha value is -2.26. The van der Waals surface area contributed by atoms with Crippen LogP contribution in [0.3, 0.4) is 0 Å². The fourth-order valence-electron chi connectivity index (χ4n) is 2.65. The molecule has 24 heavy (non-hydrogen) atoms. The summed E-state index contributed by atoms with van der Waals surface area (Å²) in [6.07, 6.45) is 3.30. The summed E-state index contributed by atoms with van der Waals surface area (Å²) in [6, 6.07) is 3.72. The standard InChI is InChI=1S/C15H18N4O4S/c1-23-13-4-3-10(7-16-13)8-19-6-5-12-11(9-19)14(20)18-15(17-12)24(2,21)22/h3-4,7H,5-6,8-9H2,1-2H3,(H,17,18,20). The van der Waals surface area contributed by atoms with Gasteiger partial charge in [0, 0.05) is 44.6 Å². The monoisotopic (exact) mass is 350 g/mol. The van der Waals surface area contributed by atoms with Gasteiger partial charge in [-0.2, -0.15) is 0 Å². The average Bonchev–Trinajstić information content (AvgIpc) is 2.55. The highest BCUT2D eigenvalue weighted by Crippen LogP contribution is 2.17. The average molecular weight is 350 g/mol. The highest BCUT2D eigenvalue weighted by Gasteiger charge is 2.23. The van der Waals surface area contributed by atoms with E-state index >= 15 is 0 Å². The van der Waals surface area contributed by atoms with Gasteiger partial charge in [-0.05, 0) is 5.56 Å². The minimum absolute atomic E-state index is 0.265. The Kier molecular flexibility index (Phi) is 4.37. The van der Waals surface area contributed by atoms with E-state index in [1.807, 2.05) is 6.07 Å². The Morgan fingerprint density at radius 1 is 1.38 bits per heavy atom. The number of rotatable bonds is 4. The predicted octanol–water partition coefficient (Wildman–Crippen LogP) is 0.135. The molecule has 0 bridgehead atoms. The van der Waals surface area contributed by atoms with Crippen LogP contribution in [-0.2, 0) is 29.3 Å². The van der Waals surface area contributed by atoms with E-state index in [4.69, 9.17) is 4.74 Å². The number of nitrogens with one attached hydrogen (secondary N) is 1. The van der Waals surface area contributed by atoms with Crippen LogP contribution < -0.4 is 10.3 Å². The van der Waals surface area contributed by atoms with Crippen molar-refractivity contribution in [1.82, 2.24) is 19.9 Å². The van der Waals surface area contributed by atoms with Gasteiger partial charge in [-0.3, -0.25) is 14.7 Å². The number of H-pyrrole nitrogens is 1. The number of pyridine rings is 1. The number of ether oxygens (including phenoxy) is 1. The third kappa shape index (κ3) is 3.46. The Balaban J connectivity index is 1.80. The van der Waals surface area contributed by atoms with Gasteiger partial charge in [0.15, 0.2) is 0 Å². The lowest BCUT2D eigenvalue weighted by atomic mass is 10.1. The fourth-order valence-corrected chi connectivity index (χ4v) is 3.21. The van der Waals surface area contributed by atoms with Gasteiger partial charge in [0.2, 0.25) is 20.9 Å². The van der Waals surface area contributed by atoms with E-state index in [1.165, 1.54) is 0 Å². The summed E-state index contributed by atoms with van der Waals surface area (Å²) < 4.78 is 28.2. The minimum Gasteiger partial charge on any atom is -0.481 e. The van der Waals surface area contributed by atoms with Crippen molar-refractivity contribution < 1.29 is 13.2 Å². The number of aromatic amines is 1. The van der Waals surface area contributed by atoms with E-state index in [0.29, 0.717) is 43.2 Å². The van der Waals surface area contributed by atoms with Crippen molar-refractivity contribution in [1.29, 1.82) is 0 Å². The van der Waals surface area contributed by atoms with Crippen molar-refractivity contribution in [3.8, 4) is 5.88 Å². The van der Waals surface area contributed by atoms with Crippen LogP contribution >= 0.6 is 0 Å². The van der Waals surface area contributed by atoms with E-state index < -0.39 is 15.4 Å². The van der Waals surface area contributed by atoms with Crippen molar-refractivity contribution in [2.45, 2.75) is 24.7 Å². The van der Waals surface area contributed by atoms with Crippen molar-refractivity contribution >= 4 is 9.84 Å². The molecule has 0 saturated heterocycles. The molecule has 3 heterocycles. The number of sulfone groups is 1. The quantitative estimate of drug-likeness (QED) is 0.782. The van der Waals surface area contributed by atoms with E-state index in [1.54, 1.807) is 19.4 Å². The van der Waals surface area contributed by atoms with Crippen LogP contribution in [0.5, 0.6) is 5.88 Å². The second-order valence-electron chi connectivity index (χ2n) is 5.74. The van der Waals surface area contributed by atoms with E-state index in [9.17, 15) is 13.2 Å². The highest BCUT2D eigenvalue weighted by molar-refractivity contribution is 7.90. The van der Waals surface area contributed by atoms with Gasteiger partial charge in [-0.1, -0.05) is 6.07 Å². The van der Waals surface area contributed by atoms with Gasteiger partial charge < -0.3 is 4.74 Å². The number of fused-ring (bicyclic) bond motifs is 1. The zero-order chi connectivity index (χ0) is 17.3. The molecule has 1 N–H and O–H groups in total. The van der Waals surface area contributed by atoms with E-state index in [2.05, 4.69) is 19.9 Å². The molecule has 0 unspecified atom stereocenters. The second kappa shape index (κ2) is 6.33. The van der Waals surface area contributed by atoms with Crippen molar-refractivity contribution in [3.63, 3.8) is 0 Å². The molecule has 0 fully saturated rings. The molecule has 0 amide bonds. The van der Waals surface area contributed by atoms with Crippen LogP contribution in [-0.4, -0.2) is 48.2 Å². The third-order valence-corrected chi connectivity index (χ3v) is 4.79. The highest BCUT2D eigenvalue weighted by atomic mass is 32.2. The SMILES string of the molecule is COc1ccc(CN2CCc3nc(S(C)(=O)=O)[nH]c(=O)c3C2)cn1. The maximum Gasteiger partial charge on any atom is 0.256 e. The molecular weight excluding hydrogens is 332 g/mol. The lowest BCUT2D eigenvalue weighted by Gasteiger charge is -2.27. The van der Waals surface area contributed by atoms with Gasteiger partial charge in [-0.25, -0.2) is 18.4 Å². The summed E-state index contributed by atoms with van der Waals surface area (Å²) in [6.45, 7) is 1.76. The number of hydrogen-bond donors (Lipinski definition) is 1. The van der Waals surface area contributed by atoms with Crippen molar-refractivity contribution in [3.05, 3.63) is 45.5 Å². The smallest absolute Gasteiger partial charge is 0.256 e. The number of aromatic nitrogens is 3. The number of methoxy groups -OCH3 is 1. The zero-order valence-corrected chi connectivity index (χ0v) is 14.3. The molecule has 2 aromatic rings. The molecule has 0 aromatic carbocycles. The molecule has 8 nitrogen and oxygen atoms in total. The summed E-state index contributed by atoms with van der Waals surface area (Å²) in [5, 5.41) is -0.265. The Labute approximate surface area is 139 Å². The molecular formula is C15H18N4O4S. The van der Waals surface area contributed by atoms with Crippen LogP contribution in [0.25, 0.3) is 0 Å². The van der Waals surface area contributed by atoms with Crippen molar-refractivity contribution in [2.75, 3.05) is 19.9 Å². The number of hydrogen-bond acceptors (Lipinski definition) is 7. The molecule has 128 valence electrons. The molecule has 0 spiro atoms. The molecule has 0 saturated carbocycles. The summed E-state index contributed by atoms with van der Waals surface area (Å²) in [4.78, 5) is 24.9. The largest absolute Gasteiger partial charge is 0.481 e. The van der Waals surface area contributed by atoms with E-state index in [0.717, 1.165) is 11.8 Å². The molecule has 0 atom stereocenters. The minimum atomic E-state index is -3.53. The molecule has 1 aliphatic heterocycles. The van der Waals surface area contributed by atoms with Crippen LogP contribution in [0, 0.1) is 0 Å². The topological polar surface area (TPSA) is 105 Å². The van der Waals surface area contributed by atoms with Crippen LogP contribution in [0.15, 0.2) is 28.3 Å². The summed E-state index contributed by atoms with van der Waals surface area (Å²) in [7, 11) is -1.96. The Morgan fingerprint density at radius 3 is 2.79 bits per heavy atom. The maximum absolute atomic E-state index is 12.2. The molecule has 9 heteroatoms. The summed E-state index contributed by atoms with van der Waals surface area (Å²) >= 11 is 0. The first-order chi connectivity index (χ1) is 11.4. The molecule has 1 aliphatic rings. The predicted molar refractivity (Wildman–Crippen MR) is 86.6 cm³/mol. The lowest BCUT2D eigenvalue weighted by molar-refractivity contribution is 0.240. The molecule has 0 aliphatic carbocycles. The van der Waals surface area contributed by atoms with Crippen LogP contribution in [0.1, 0.15) is 16.8 Å². The summed E-state index contributed by atoms with van der Waals surface area (Å²) in [5.74, 6) is 0.552. The number of nitrogens with zero attached hydrogens (tertiary/aromatic N) is 3. The van der Waals surface area contributed by atoms with Gasteiger partial charge >= 0.3 is 0 Å². The fraction of sp³-hybridized carbons (Fsp3) is 0.400. The molecule has 0 radical (unpaired) electrons.